The molecule has 33 heavy (non-hydrogen) atoms. The van der Waals surface area contributed by atoms with E-state index in [4.69, 9.17) is 0 Å². The second-order valence-corrected chi connectivity index (χ2v) is 7.88. The van der Waals surface area contributed by atoms with Crippen molar-refractivity contribution < 1.29 is 9.50 Å². The van der Waals surface area contributed by atoms with Gasteiger partial charge in [-0.1, -0.05) is 18.2 Å². The van der Waals surface area contributed by atoms with E-state index in [1.807, 2.05) is 24.3 Å². The molecule has 8 nitrogen and oxygen atoms in total. The molecule has 3 N–H and O–H groups in total. The smallest absolute Gasteiger partial charge is 0.226 e. The summed E-state index contributed by atoms with van der Waals surface area (Å²) in [7, 11) is 0. The zero-order chi connectivity index (χ0) is 23.0. The second-order valence-electron chi connectivity index (χ2n) is 7.88. The first kappa shape index (κ1) is 22.4. The highest BCUT2D eigenvalue weighted by Gasteiger charge is 2.25. The van der Waals surface area contributed by atoms with Gasteiger partial charge in [-0.2, -0.15) is 15.2 Å². The van der Waals surface area contributed by atoms with Gasteiger partial charge in [0.1, 0.15) is 17.4 Å². The van der Waals surface area contributed by atoms with Crippen molar-refractivity contribution in [2.75, 3.05) is 41.8 Å². The highest BCUT2D eigenvalue weighted by Crippen LogP contribution is 2.33. The predicted molar refractivity (Wildman–Crippen MR) is 124 cm³/mol. The van der Waals surface area contributed by atoms with Crippen LogP contribution in [0.5, 0.6) is 0 Å². The molecule has 0 bridgehead atoms. The molecule has 1 aliphatic rings. The van der Waals surface area contributed by atoms with E-state index >= 15 is 0 Å². The average molecular weight is 448 g/mol. The molecule has 0 saturated carbocycles. The van der Waals surface area contributed by atoms with Gasteiger partial charge in [0.15, 0.2) is 11.6 Å². The van der Waals surface area contributed by atoms with Crippen molar-refractivity contribution in [3.05, 3.63) is 71.3 Å². The van der Waals surface area contributed by atoms with E-state index < -0.39 is 0 Å². The van der Waals surface area contributed by atoms with Gasteiger partial charge in [0.05, 0.1) is 6.61 Å². The number of piperidine rings is 1. The van der Waals surface area contributed by atoms with Gasteiger partial charge in [-0.25, -0.2) is 4.39 Å². The van der Waals surface area contributed by atoms with E-state index in [1.165, 1.54) is 12.1 Å². The van der Waals surface area contributed by atoms with E-state index in [-0.39, 0.29) is 12.4 Å². The topological polar surface area (TPSA) is 110 Å². The summed E-state index contributed by atoms with van der Waals surface area (Å²) in [5.41, 5.74) is 2.48. The summed E-state index contributed by atoms with van der Waals surface area (Å²) in [5, 5.41) is 25.4. The first-order valence-corrected chi connectivity index (χ1v) is 11.0. The number of pyridine rings is 1. The maximum absolute atomic E-state index is 13.3. The molecule has 1 fully saturated rings. The molecule has 3 aromatic rings. The van der Waals surface area contributed by atoms with Crippen molar-refractivity contribution in [2.24, 2.45) is 0 Å². The predicted octanol–water partition coefficient (Wildman–Crippen LogP) is 3.28. The van der Waals surface area contributed by atoms with Crippen molar-refractivity contribution in [3.63, 3.8) is 0 Å². The number of rotatable bonds is 8. The molecule has 0 radical (unpaired) electrons. The molecule has 0 atom stereocenters. The zero-order valence-corrected chi connectivity index (χ0v) is 18.2. The summed E-state index contributed by atoms with van der Waals surface area (Å²) in [6, 6.07) is 12.8. The highest BCUT2D eigenvalue weighted by atomic mass is 19.1. The van der Waals surface area contributed by atoms with Crippen LogP contribution in [0.4, 0.5) is 22.0 Å². The van der Waals surface area contributed by atoms with Gasteiger partial charge < -0.3 is 20.6 Å². The molecule has 4 rings (SSSR count). The Morgan fingerprint density at radius 2 is 1.91 bits per heavy atom. The van der Waals surface area contributed by atoms with Crippen LogP contribution in [0, 0.1) is 17.1 Å². The summed E-state index contributed by atoms with van der Waals surface area (Å²) < 4.78 is 13.3. The van der Waals surface area contributed by atoms with Crippen LogP contribution in [0.2, 0.25) is 0 Å². The maximum atomic E-state index is 13.3. The van der Waals surface area contributed by atoms with Crippen LogP contribution in [0.25, 0.3) is 0 Å². The monoisotopic (exact) mass is 447 g/mol. The Kier molecular flexibility index (Phi) is 7.27. The third-order valence-electron chi connectivity index (χ3n) is 5.72. The molecule has 2 aromatic heterocycles. The van der Waals surface area contributed by atoms with Crippen LogP contribution in [0.15, 0.2) is 48.8 Å². The Morgan fingerprint density at radius 1 is 1.12 bits per heavy atom. The minimum atomic E-state index is -0.231. The van der Waals surface area contributed by atoms with Crippen molar-refractivity contribution in [3.8, 4) is 6.07 Å². The van der Waals surface area contributed by atoms with Crippen molar-refractivity contribution >= 4 is 17.6 Å². The molecular formula is C24H26FN7O. The molecule has 3 heterocycles. The number of nitriles is 1. The Labute approximate surface area is 192 Å². The summed E-state index contributed by atoms with van der Waals surface area (Å²) in [6.45, 7) is 2.15. The number of hydrogen-bond acceptors (Lipinski definition) is 8. The fraction of sp³-hybridized carbons (Fsp3) is 0.333. The number of hydrogen-bond donors (Lipinski definition) is 3. The van der Waals surface area contributed by atoms with E-state index in [9.17, 15) is 14.8 Å². The third-order valence-corrected chi connectivity index (χ3v) is 5.72. The lowest BCUT2D eigenvalue weighted by molar-refractivity contribution is 0.311. The van der Waals surface area contributed by atoms with Crippen LogP contribution in [-0.4, -0.2) is 46.3 Å². The zero-order valence-electron chi connectivity index (χ0n) is 18.2. The molecule has 1 aromatic carbocycles. The number of nitrogens with zero attached hydrogens (tertiary/aromatic N) is 5. The second kappa shape index (κ2) is 10.7. The van der Waals surface area contributed by atoms with Crippen LogP contribution < -0.4 is 15.5 Å². The molecule has 0 spiro atoms. The van der Waals surface area contributed by atoms with Crippen LogP contribution in [0.3, 0.4) is 0 Å². The van der Waals surface area contributed by atoms with E-state index in [1.54, 1.807) is 12.4 Å². The van der Waals surface area contributed by atoms with Crippen LogP contribution >= 0.6 is 0 Å². The third kappa shape index (κ3) is 5.54. The lowest BCUT2D eigenvalue weighted by Gasteiger charge is -2.33. The number of anilines is 3. The number of aliphatic hydroxyl groups is 1. The highest BCUT2D eigenvalue weighted by molar-refractivity contribution is 5.68. The minimum absolute atomic E-state index is 0.0554. The fourth-order valence-electron chi connectivity index (χ4n) is 4.00. The standard InChI is InChI=1S/C24H26FN7O/c25-20-5-3-18(4-6-20)19-7-11-32(12-8-19)23-21(14-26)22(30-24(31-23)28-10-13-33)29-16-17-2-1-9-27-15-17/h1-6,9,15,19,33H,7-8,10-13,16H2,(H2,28,29,30,31). The minimum Gasteiger partial charge on any atom is -0.395 e. The van der Waals surface area contributed by atoms with Gasteiger partial charge >= 0.3 is 0 Å². The number of halogens is 1. The van der Waals surface area contributed by atoms with Crippen molar-refractivity contribution in [2.45, 2.75) is 25.3 Å². The summed E-state index contributed by atoms with van der Waals surface area (Å²) >= 11 is 0. The Morgan fingerprint density at radius 3 is 2.58 bits per heavy atom. The van der Waals surface area contributed by atoms with Gasteiger partial charge in [-0.15, -0.1) is 0 Å². The average Bonchev–Trinajstić information content (AvgIpc) is 2.87. The van der Waals surface area contributed by atoms with Gasteiger partial charge in [0.25, 0.3) is 0 Å². The van der Waals surface area contributed by atoms with E-state index in [2.05, 4.69) is 36.6 Å². The normalized spacial score (nSPS) is 14.0. The number of benzene rings is 1. The molecule has 0 amide bonds. The Bertz CT molecular complexity index is 1090. The Hall–Kier alpha value is -3.77. The first-order chi connectivity index (χ1) is 16.2. The quantitative estimate of drug-likeness (QED) is 0.483. The summed E-state index contributed by atoms with van der Waals surface area (Å²) in [4.78, 5) is 15.3. The molecule has 0 unspecified atom stereocenters. The molecule has 1 saturated heterocycles. The van der Waals surface area contributed by atoms with Gasteiger partial charge in [-0.3, -0.25) is 4.98 Å². The molecule has 9 heteroatoms. The lowest BCUT2D eigenvalue weighted by Crippen LogP contribution is -2.34. The fourth-order valence-corrected chi connectivity index (χ4v) is 4.00. The summed E-state index contributed by atoms with van der Waals surface area (Å²) in [5.74, 6) is 1.47. The molecule has 1 aliphatic heterocycles. The van der Waals surface area contributed by atoms with Crippen molar-refractivity contribution in [1.82, 2.24) is 15.0 Å². The number of aliphatic hydroxyl groups excluding tert-OH is 1. The Balaban J connectivity index is 1.55. The number of nitrogens with one attached hydrogen (secondary N) is 2. The molecule has 170 valence electrons. The van der Waals surface area contributed by atoms with Gasteiger partial charge in [-0.05, 0) is 48.1 Å². The lowest BCUT2D eigenvalue weighted by atomic mass is 9.89. The summed E-state index contributed by atoms with van der Waals surface area (Å²) in [6.07, 6.45) is 5.21. The molecule has 0 aliphatic carbocycles. The van der Waals surface area contributed by atoms with Crippen molar-refractivity contribution in [1.29, 1.82) is 5.26 Å². The molecular weight excluding hydrogens is 421 g/mol. The number of aromatic nitrogens is 3. The van der Waals surface area contributed by atoms with Crippen LogP contribution in [0.1, 0.15) is 35.4 Å². The largest absolute Gasteiger partial charge is 0.395 e. The van der Waals surface area contributed by atoms with E-state index in [0.717, 1.165) is 37.1 Å². The maximum Gasteiger partial charge on any atom is 0.226 e. The first-order valence-electron chi connectivity index (χ1n) is 11.0. The van der Waals surface area contributed by atoms with Crippen LogP contribution in [-0.2, 0) is 6.54 Å². The SMILES string of the molecule is N#Cc1c(NCc2cccnc2)nc(NCCO)nc1N1CCC(c2ccc(F)cc2)CC1. The van der Waals surface area contributed by atoms with Gasteiger partial charge in [0, 0.05) is 38.6 Å². The van der Waals surface area contributed by atoms with E-state index in [0.29, 0.717) is 42.2 Å². The van der Waals surface area contributed by atoms with Gasteiger partial charge in [0.2, 0.25) is 5.95 Å².